The molecule has 0 atom stereocenters. The molecule has 9 aromatic carbocycles. The Morgan fingerprint density at radius 1 is 0.197 bits per heavy atom. The van der Waals surface area contributed by atoms with E-state index in [1.807, 2.05) is 0 Å². The second-order valence-corrected chi connectivity index (χ2v) is 23.7. The summed E-state index contributed by atoms with van der Waals surface area (Å²) in [5, 5.41) is 12.9. The van der Waals surface area contributed by atoms with Crippen molar-refractivity contribution in [1.82, 2.24) is 0 Å². The van der Waals surface area contributed by atoms with Crippen LogP contribution >= 0.6 is 31.7 Å². The van der Waals surface area contributed by atoms with E-state index < -0.39 is 31.7 Å². The highest BCUT2D eigenvalue weighted by Gasteiger charge is 2.28. The average molecular weight is 857 g/mol. The molecule has 0 nitrogen and oxygen atoms in total. The van der Waals surface area contributed by atoms with E-state index in [4.69, 9.17) is 0 Å². The number of hydrogen-bond donors (Lipinski definition) is 0. The van der Waals surface area contributed by atoms with Crippen LogP contribution in [0, 0.1) is 0 Å². The second kappa shape index (κ2) is 20.5. The summed E-state index contributed by atoms with van der Waals surface area (Å²) < 4.78 is 0. The maximum Gasteiger partial charge on any atom is 0.00140 e. The first kappa shape index (κ1) is 41.1. The van der Waals surface area contributed by atoms with Crippen LogP contribution in [0.3, 0.4) is 0 Å². The van der Waals surface area contributed by atoms with Crippen molar-refractivity contribution in [1.29, 1.82) is 0 Å². The molecule has 0 aromatic heterocycles. The molecule has 9 rings (SSSR count). The van der Waals surface area contributed by atoms with E-state index in [0.717, 1.165) is 18.5 Å². The van der Waals surface area contributed by atoms with Gasteiger partial charge in [0.25, 0.3) is 0 Å². The van der Waals surface area contributed by atoms with Crippen LogP contribution in [0.1, 0.15) is 16.7 Å². The topological polar surface area (TPSA) is 0 Å². The number of hydrogen-bond acceptors (Lipinski definition) is 0. The van der Waals surface area contributed by atoms with Gasteiger partial charge in [-0.25, -0.2) is 0 Å². The standard InChI is InChI=1S/C57H48P4/c1-7-28-49(29-8-1)58(50-30-9-2-10-31-50)43-46-25-19-22-40-55(46)61(56-41-23-20-26-47(56)44-59(51-32-11-3-12-33-51)52-34-13-4-14-35-52)57-42-24-21-27-48(57)45-60(53-36-15-5-16-37-53)54-38-17-6-18-39-54/h1-42H,43-45H2. The van der Waals surface area contributed by atoms with Gasteiger partial charge in [-0.1, -0.05) is 255 Å². The fourth-order valence-electron chi connectivity index (χ4n) is 8.13. The summed E-state index contributed by atoms with van der Waals surface area (Å²) in [6.45, 7) is 0. The summed E-state index contributed by atoms with van der Waals surface area (Å²) in [5.74, 6) is 0. The largest absolute Gasteiger partial charge is 0.0622 e. The van der Waals surface area contributed by atoms with E-state index in [1.165, 1.54) is 64.4 Å². The fraction of sp³-hybridized carbons (Fsp3) is 0.0526. The van der Waals surface area contributed by atoms with Gasteiger partial charge in [0.15, 0.2) is 0 Å². The zero-order valence-electron chi connectivity index (χ0n) is 34.2. The molecule has 0 aliphatic rings. The van der Waals surface area contributed by atoms with Gasteiger partial charge in [0, 0.05) is 18.5 Å². The zero-order valence-corrected chi connectivity index (χ0v) is 37.7. The van der Waals surface area contributed by atoms with Crippen LogP contribution in [0.4, 0.5) is 0 Å². The quantitative estimate of drug-likeness (QED) is 0.0901. The van der Waals surface area contributed by atoms with Gasteiger partial charge in [0.1, 0.15) is 0 Å². The molecule has 0 saturated heterocycles. The fourth-order valence-corrected chi connectivity index (χ4v) is 18.3. The van der Waals surface area contributed by atoms with Gasteiger partial charge in [0.2, 0.25) is 0 Å². The molecule has 296 valence electrons. The summed E-state index contributed by atoms with van der Waals surface area (Å²) in [6.07, 6.45) is 2.93. The Labute approximate surface area is 367 Å². The van der Waals surface area contributed by atoms with Gasteiger partial charge in [-0.2, -0.15) is 0 Å². The zero-order chi connectivity index (χ0) is 41.1. The molecule has 0 saturated carbocycles. The minimum Gasteiger partial charge on any atom is -0.0622 e. The van der Waals surface area contributed by atoms with Crippen LogP contribution in [0.2, 0.25) is 0 Å². The van der Waals surface area contributed by atoms with Crippen molar-refractivity contribution < 1.29 is 0 Å². The molecule has 0 aliphatic carbocycles. The number of benzene rings is 9. The average Bonchev–Trinajstić information content (AvgIpc) is 3.34. The minimum atomic E-state index is -0.982. The van der Waals surface area contributed by atoms with Crippen molar-refractivity contribution >= 4 is 79.4 Å². The molecule has 0 N–H and O–H groups in total. The van der Waals surface area contributed by atoms with Gasteiger partial charge in [-0.3, -0.25) is 0 Å². The van der Waals surface area contributed by atoms with Crippen molar-refractivity contribution in [2.24, 2.45) is 0 Å². The highest BCUT2D eigenvalue weighted by molar-refractivity contribution is 7.80. The lowest BCUT2D eigenvalue weighted by Crippen LogP contribution is -2.29. The summed E-state index contributed by atoms with van der Waals surface area (Å²) in [5.41, 5.74) is 4.33. The Balaban J connectivity index is 1.22. The molecule has 0 amide bonds. The predicted molar refractivity (Wildman–Crippen MR) is 273 cm³/mol. The smallest absolute Gasteiger partial charge is 0.00140 e. The van der Waals surface area contributed by atoms with Crippen LogP contribution in [-0.2, 0) is 18.5 Å². The maximum absolute atomic E-state index is 2.46. The van der Waals surface area contributed by atoms with Crippen LogP contribution < -0.4 is 47.7 Å². The lowest BCUT2D eigenvalue weighted by Gasteiger charge is -2.30. The van der Waals surface area contributed by atoms with Crippen molar-refractivity contribution in [3.63, 3.8) is 0 Å². The molecule has 0 fully saturated rings. The van der Waals surface area contributed by atoms with Gasteiger partial charge in [-0.15, -0.1) is 0 Å². The van der Waals surface area contributed by atoms with E-state index in [1.54, 1.807) is 0 Å². The van der Waals surface area contributed by atoms with E-state index >= 15 is 0 Å². The first-order valence-electron chi connectivity index (χ1n) is 21.0. The van der Waals surface area contributed by atoms with E-state index in [2.05, 4.69) is 255 Å². The molecular formula is C57H48P4. The molecule has 61 heavy (non-hydrogen) atoms. The first-order valence-corrected chi connectivity index (χ1v) is 26.9. The molecular weight excluding hydrogens is 809 g/mol. The molecule has 0 bridgehead atoms. The van der Waals surface area contributed by atoms with Crippen LogP contribution in [0.15, 0.2) is 255 Å². The number of rotatable bonds is 15. The highest BCUT2D eigenvalue weighted by Crippen LogP contribution is 2.46. The Morgan fingerprint density at radius 2 is 0.377 bits per heavy atom. The van der Waals surface area contributed by atoms with Crippen molar-refractivity contribution in [3.05, 3.63) is 271 Å². The first-order chi connectivity index (χ1) is 30.3. The van der Waals surface area contributed by atoms with Crippen LogP contribution in [0.25, 0.3) is 0 Å². The predicted octanol–water partition coefficient (Wildman–Crippen LogP) is 11.3. The monoisotopic (exact) mass is 856 g/mol. The van der Waals surface area contributed by atoms with E-state index in [-0.39, 0.29) is 0 Å². The molecule has 0 spiro atoms. The Kier molecular flexibility index (Phi) is 13.8. The Morgan fingerprint density at radius 3 is 0.590 bits per heavy atom. The SMILES string of the molecule is c1ccc(P(Cc2ccccc2P(c2ccccc2CP(c2ccccc2)c2ccccc2)c2ccccc2CP(c2ccccc2)c2ccccc2)c2ccccc2)cc1. The summed E-state index contributed by atoms with van der Waals surface area (Å²) >= 11 is 0. The molecule has 0 heterocycles. The van der Waals surface area contributed by atoms with Crippen molar-refractivity contribution in [2.75, 3.05) is 0 Å². The lowest BCUT2D eigenvalue weighted by molar-refractivity contribution is 1.42. The second-order valence-electron chi connectivity index (χ2n) is 15.0. The molecule has 4 heteroatoms. The Bertz CT molecular complexity index is 2300. The van der Waals surface area contributed by atoms with Gasteiger partial charge < -0.3 is 0 Å². The minimum absolute atomic E-state index is 0.654. The van der Waals surface area contributed by atoms with Crippen LogP contribution in [-0.4, -0.2) is 0 Å². The third-order valence-corrected chi connectivity index (χ3v) is 21.3. The van der Waals surface area contributed by atoms with Crippen LogP contribution in [0.5, 0.6) is 0 Å². The molecule has 0 aliphatic heterocycles. The third-order valence-electron chi connectivity index (χ3n) is 11.1. The van der Waals surface area contributed by atoms with E-state index in [9.17, 15) is 0 Å². The molecule has 9 aromatic rings. The maximum atomic E-state index is 2.46. The third kappa shape index (κ3) is 9.93. The molecule has 0 unspecified atom stereocenters. The molecule has 0 radical (unpaired) electrons. The Hall–Kier alpha value is -5.30. The van der Waals surface area contributed by atoms with E-state index in [0.29, 0.717) is 0 Å². The summed E-state index contributed by atoms with van der Waals surface area (Å²) in [4.78, 5) is 0. The summed E-state index contributed by atoms with van der Waals surface area (Å²) in [6, 6.07) is 95.6. The highest BCUT2D eigenvalue weighted by atomic mass is 31.1. The van der Waals surface area contributed by atoms with Crippen molar-refractivity contribution in [2.45, 2.75) is 18.5 Å². The van der Waals surface area contributed by atoms with Gasteiger partial charge >= 0.3 is 0 Å². The van der Waals surface area contributed by atoms with Gasteiger partial charge in [0.05, 0.1) is 0 Å². The summed E-state index contributed by atoms with van der Waals surface area (Å²) in [7, 11) is -2.94. The normalized spacial score (nSPS) is 11.4. The van der Waals surface area contributed by atoms with Crippen molar-refractivity contribution in [3.8, 4) is 0 Å². The lowest BCUT2D eigenvalue weighted by atomic mass is 10.2. The van der Waals surface area contributed by atoms with Gasteiger partial charge in [-0.05, 0) is 96.1 Å².